The summed E-state index contributed by atoms with van der Waals surface area (Å²) in [6.07, 6.45) is 1.22. The summed E-state index contributed by atoms with van der Waals surface area (Å²) in [6, 6.07) is 15.8. The first kappa shape index (κ1) is 18.1. The van der Waals surface area contributed by atoms with Gasteiger partial charge in [-0.05, 0) is 55.0 Å². The van der Waals surface area contributed by atoms with E-state index in [4.69, 9.17) is 0 Å². The van der Waals surface area contributed by atoms with Crippen LogP contribution in [-0.2, 0) is 13.6 Å². The summed E-state index contributed by atoms with van der Waals surface area (Å²) in [5, 5.41) is 8.97. The van der Waals surface area contributed by atoms with Gasteiger partial charge >= 0.3 is 0 Å². The first-order valence-corrected chi connectivity index (χ1v) is 9.97. The summed E-state index contributed by atoms with van der Waals surface area (Å²) in [6.45, 7) is 7.95. The number of nitrogens with one attached hydrogen (secondary N) is 1. The van der Waals surface area contributed by atoms with E-state index in [1.54, 1.807) is 0 Å². The Balaban J connectivity index is 1.50. The number of benzene rings is 2. The van der Waals surface area contributed by atoms with Crippen LogP contribution in [0.3, 0.4) is 0 Å². The number of nitrogens with zero attached hydrogens (tertiary/aromatic N) is 3. The molecular formula is C23H30N4. The van der Waals surface area contributed by atoms with Gasteiger partial charge in [-0.1, -0.05) is 42.8 Å². The van der Waals surface area contributed by atoms with Gasteiger partial charge in [-0.15, -0.1) is 0 Å². The molecule has 0 spiro atoms. The molecule has 0 radical (unpaired) electrons. The van der Waals surface area contributed by atoms with E-state index in [1.165, 1.54) is 34.0 Å². The number of rotatable bonds is 4. The monoisotopic (exact) mass is 362 g/mol. The Kier molecular flexibility index (Phi) is 4.92. The van der Waals surface area contributed by atoms with Crippen LogP contribution in [0.5, 0.6) is 0 Å². The molecule has 27 heavy (non-hydrogen) atoms. The smallest absolute Gasteiger partial charge is 0.155 e. The van der Waals surface area contributed by atoms with Crippen LogP contribution in [0.4, 0.5) is 5.82 Å². The highest BCUT2D eigenvalue weighted by atomic mass is 15.3. The molecule has 2 unspecified atom stereocenters. The third-order valence-corrected chi connectivity index (χ3v) is 6.02. The highest BCUT2D eigenvalue weighted by molar-refractivity contribution is 5.90. The van der Waals surface area contributed by atoms with E-state index in [0.29, 0.717) is 11.8 Å². The van der Waals surface area contributed by atoms with Crippen LogP contribution < -0.4 is 5.32 Å². The van der Waals surface area contributed by atoms with E-state index < -0.39 is 0 Å². The fourth-order valence-electron chi connectivity index (χ4n) is 4.63. The van der Waals surface area contributed by atoms with Crippen molar-refractivity contribution >= 4 is 16.7 Å². The van der Waals surface area contributed by atoms with Crippen molar-refractivity contribution < 1.29 is 0 Å². The molecule has 4 rings (SSSR count). The number of likely N-dealkylation sites (tertiary alicyclic amines) is 1. The molecule has 1 saturated heterocycles. The van der Waals surface area contributed by atoms with Crippen molar-refractivity contribution in [2.45, 2.75) is 32.7 Å². The SMILES string of the molecule is CNc1nn(C)c2cc(C3CCN(Cc4cccc(C)c4)CC3C)ccc12. The van der Waals surface area contributed by atoms with Gasteiger partial charge in [0.2, 0.25) is 0 Å². The first-order chi connectivity index (χ1) is 13.0. The first-order valence-electron chi connectivity index (χ1n) is 9.97. The Morgan fingerprint density at radius 1 is 1.19 bits per heavy atom. The van der Waals surface area contributed by atoms with E-state index in [1.807, 2.05) is 18.8 Å². The maximum atomic E-state index is 4.58. The van der Waals surface area contributed by atoms with Crippen LogP contribution in [0.25, 0.3) is 10.9 Å². The zero-order valence-electron chi connectivity index (χ0n) is 16.9. The largest absolute Gasteiger partial charge is 0.371 e. The van der Waals surface area contributed by atoms with Crippen molar-refractivity contribution in [3.05, 3.63) is 59.2 Å². The predicted octanol–water partition coefficient (Wildman–Crippen LogP) is 4.55. The standard InChI is InChI=1S/C23H30N4/c1-16-6-5-7-18(12-16)15-27-11-10-20(17(2)14-27)19-8-9-21-22(13-19)26(4)25-23(21)24-3/h5-9,12-13,17,20H,10-11,14-15H2,1-4H3,(H,24,25). The minimum atomic E-state index is 0.621. The summed E-state index contributed by atoms with van der Waals surface area (Å²) in [5.74, 6) is 2.23. The van der Waals surface area contributed by atoms with Gasteiger partial charge in [0.15, 0.2) is 5.82 Å². The van der Waals surface area contributed by atoms with Gasteiger partial charge in [-0.25, -0.2) is 0 Å². The molecule has 1 N–H and O–H groups in total. The molecule has 1 aliphatic rings. The molecule has 2 atom stereocenters. The molecule has 142 valence electrons. The summed E-state index contributed by atoms with van der Waals surface area (Å²) in [7, 11) is 3.96. The van der Waals surface area contributed by atoms with E-state index in [2.05, 4.69) is 71.6 Å². The number of aromatic nitrogens is 2. The molecule has 0 bridgehead atoms. The summed E-state index contributed by atoms with van der Waals surface area (Å²) in [4.78, 5) is 2.61. The number of aryl methyl sites for hydroxylation is 2. The predicted molar refractivity (Wildman–Crippen MR) is 113 cm³/mol. The number of anilines is 1. The van der Waals surface area contributed by atoms with Gasteiger partial charge in [0.1, 0.15) is 0 Å². The molecule has 3 aromatic rings. The van der Waals surface area contributed by atoms with E-state index in [0.717, 1.165) is 25.5 Å². The van der Waals surface area contributed by atoms with Gasteiger partial charge in [0.05, 0.1) is 5.52 Å². The van der Waals surface area contributed by atoms with Crippen LogP contribution in [-0.4, -0.2) is 34.8 Å². The Morgan fingerprint density at radius 3 is 2.78 bits per heavy atom. The number of hydrogen-bond acceptors (Lipinski definition) is 3. The van der Waals surface area contributed by atoms with Gasteiger partial charge in [-0.3, -0.25) is 9.58 Å². The lowest BCUT2D eigenvalue weighted by Gasteiger charge is -2.37. The molecule has 2 aromatic carbocycles. The van der Waals surface area contributed by atoms with Gasteiger partial charge in [-0.2, -0.15) is 5.10 Å². The molecule has 0 aliphatic carbocycles. The Bertz CT molecular complexity index is 943. The molecule has 0 amide bonds. The fraction of sp³-hybridized carbons (Fsp3) is 0.435. The van der Waals surface area contributed by atoms with E-state index >= 15 is 0 Å². The molecule has 0 saturated carbocycles. The fourth-order valence-corrected chi connectivity index (χ4v) is 4.63. The second-order valence-electron chi connectivity index (χ2n) is 8.10. The van der Waals surface area contributed by atoms with Gasteiger partial charge in [0, 0.05) is 32.6 Å². The van der Waals surface area contributed by atoms with Crippen LogP contribution in [0.2, 0.25) is 0 Å². The summed E-state index contributed by atoms with van der Waals surface area (Å²) < 4.78 is 1.99. The maximum absolute atomic E-state index is 4.58. The second kappa shape index (κ2) is 7.35. The Hall–Kier alpha value is -2.33. The van der Waals surface area contributed by atoms with Crippen LogP contribution in [0.15, 0.2) is 42.5 Å². The molecule has 1 aromatic heterocycles. The summed E-state index contributed by atoms with van der Waals surface area (Å²) >= 11 is 0. The quantitative estimate of drug-likeness (QED) is 0.739. The average Bonchev–Trinajstić information content (AvgIpc) is 2.97. The molecule has 1 aliphatic heterocycles. The lowest BCUT2D eigenvalue weighted by molar-refractivity contribution is 0.156. The molecule has 2 heterocycles. The highest BCUT2D eigenvalue weighted by Crippen LogP contribution is 2.35. The van der Waals surface area contributed by atoms with Crippen molar-refractivity contribution in [2.75, 3.05) is 25.5 Å². The topological polar surface area (TPSA) is 33.1 Å². The minimum Gasteiger partial charge on any atom is -0.371 e. The van der Waals surface area contributed by atoms with E-state index in [9.17, 15) is 0 Å². The Labute approximate surface area is 162 Å². The molecule has 4 heteroatoms. The van der Waals surface area contributed by atoms with Crippen LogP contribution in [0.1, 0.15) is 36.0 Å². The van der Waals surface area contributed by atoms with Gasteiger partial charge in [0.25, 0.3) is 0 Å². The third-order valence-electron chi connectivity index (χ3n) is 6.02. The highest BCUT2D eigenvalue weighted by Gasteiger charge is 2.27. The number of fused-ring (bicyclic) bond motifs is 1. The van der Waals surface area contributed by atoms with Crippen molar-refractivity contribution in [3.63, 3.8) is 0 Å². The van der Waals surface area contributed by atoms with Crippen molar-refractivity contribution in [2.24, 2.45) is 13.0 Å². The van der Waals surface area contributed by atoms with Crippen LogP contribution >= 0.6 is 0 Å². The minimum absolute atomic E-state index is 0.621. The van der Waals surface area contributed by atoms with E-state index in [-0.39, 0.29) is 0 Å². The third kappa shape index (κ3) is 3.59. The average molecular weight is 363 g/mol. The molecule has 4 nitrogen and oxygen atoms in total. The molecule has 1 fully saturated rings. The normalized spacial score (nSPS) is 20.9. The lowest BCUT2D eigenvalue weighted by atomic mass is 9.81. The maximum Gasteiger partial charge on any atom is 0.155 e. The lowest BCUT2D eigenvalue weighted by Crippen LogP contribution is -2.37. The zero-order chi connectivity index (χ0) is 19.0. The second-order valence-corrected chi connectivity index (χ2v) is 8.10. The van der Waals surface area contributed by atoms with Gasteiger partial charge < -0.3 is 5.32 Å². The number of piperidine rings is 1. The zero-order valence-corrected chi connectivity index (χ0v) is 16.9. The van der Waals surface area contributed by atoms with Crippen molar-refractivity contribution in [3.8, 4) is 0 Å². The summed E-state index contributed by atoms with van der Waals surface area (Å²) in [5.41, 5.74) is 5.44. The van der Waals surface area contributed by atoms with Crippen molar-refractivity contribution in [1.82, 2.24) is 14.7 Å². The van der Waals surface area contributed by atoms with Crippen molar-refractivity contribution in [1.29, 1.82) is 0 Å². The molecular weight excluding hydrogens is 332 g/mol. The van der Waals surface area contributed by atoms with Crippen LogP contribution in [0, 0.1) is 12.8 Å². The number of hydrogen-bond donors (Lipinski definition) is 1. The Morgan fingerprint density at radius 2 is 2.04 bits per heavy atom.